The summed E-state index contributed by atoms with van der Waals surface area (Å²) < 4.78 is 12.9. The van der Waals surface area contributed by atoms with Gasteiger partial charge >= 0.3 is 6.03 Å². The van der Waals surface area contributed by atoms with Crippen LogP contribution in [0, 0.1) is 11.3 Å². The van der Waals surface area contributed by atoms with Crippen LogP contribution in [-0.4, -0.2) is 80.2 Å². The Hall–Kier alpha value is -3.66. The minimum atomic E-state index is -1.49. The minimum absolute atomic E-state index is 0.0108. The molecule has 1 N–H and O–H groups in total. The first-order valence-corrected chi connectivity index (χ1v) is 12.5. The number of piperidine rings is 1. The summed E-state index contributed by atoms with van der Waals surface area (Å²) in [5, 5.41) is 0. The Bertz CT molecular complexity index is 1300. The van der Waals surface area contributed by atoms with Crippen LogP contribution in [0.4, 0.5) is 4.79 Å². The number of nitrogens with zero attached hydrogens (tertiary/aromatic N) is 3. The summed E-state index contributed by atoms with van der Waals surface area (Å²) in [6.45, 7) is 2.29. The number of ether oxygens (including phenoxy) is 2. The maximum atomic E-state index is 13.9. The topological polar surface area (TPSA) is 103 Å². The van der Waals surface area contributed by atoms with E-state index in [2.05, 4.69) is 0 Å². The van der Waals surface area contributed by atoms with Gasteiger partial charge in [0.25, 0.3) is 17.4 Å². The largest absolute Gasteiger partial charge is 0.493 e. The first-order chi connectivity index (χ1) is 17.7. The maximum absolute atomic E-state index is 13.9. The normalized spacial score (nSPS) is 24.6. The average molecular weight is 510 g/mol. The molecule has 4 amide bonds. The lowest BCUT2D eigenvalue weighted by Crippen LogP contribution is -3.16. The molecule has 3 aliphatic rings. The van der Waals surface area contributed by atoms with E-state index in [1.165, 1.54) is 28.3 Å². The molecule has 37 heavy (non-hydrogen) atoms. The first kappa shape index (κ1) is 25.0. The molecule has 2 fully saturated rings. The molecule has 3 aliphatic heterocycles. The van der Waals surface area contributed by atoms with Crippen molar-refractivity contribution in [2.75, 3.05) is 47.9 Å². The highest BCUT2D eigenvalue weighted by Crippen LogP contribution is 2.39. The molecule has 1 unspecified atom stereocenters. The van der Waals surface area contributed by atoms with Crippen LogP contribution >= 0.6 is 0 Å². The number of fused-ring (bicyclic) bond motifs is 4. The van der Waals surface area contributed by atoms with Gasteiger partial charge in [-0.25, -0.2) is 4.79 Å². The number of carbonyl (C=O) groups is 3. The van der Waals surface area contributed by atoms with E-state index >= 15 is 0 Å². The van der Waals surface area contributed by atoms with Gasteiger partial charge in [0.05, 0.1) is 27.3 Å². The van der Waals surface area contributed by atoms with Gasteiger partial charge in [-0.3, -0.25) is 24.2 Å². The number of amides is 4. The SMILES string of the molecule is COc1cccc(CC2(C[NH+]3C[C@H]4C[C@H](C3)c3cccc(=O)n3C4)C(=O)N(C)C(=O)N(C)C2=O)c1OC. The molecule has 0 aliphatic carbocycles. The van der Waals surface area contributed by atoms with Crippen molar-refractivity contribution in [2.24, 2.45) is 11.3 Å². The van der Waals surface area contributed by atoms with Crippen LogP contribution in [-0.2, 0) is 22.6 Å². The van der Waals surface area contributed by atoms with Crippen molar-refractivity contribution in [2.45, 2.75) is 25.3 Å². The zero-order valence-electron chi connectivity index (χ0n) is 21.7. The highest BCUT2D eigenvalue weighted by molar-refractivity contribution is 6.19. The fraction of sp³-hybridized carbons (Fsp3) is 0.481. The second kappa shape index (κ2) is 9.33. The third-order valence-electron chi connectivity index (χ3n) is 8.20. The van der Waals surface area contributed by atoms with Crippen LogP contribution in [0.2, 0.25) is 0 Å². The van der Waals surface area contributed by atoms with Crippen LogP contribution in [0.15, 0.2) is 41.2 Å². The van der Waals surface area contributed by atoms with Gasteiger partial charge in [0.15, 0.2) is 16.9 Å². The number of likely N-dealkylation sites (tertiary alicyclic amines) is 1. The summed E-state index contributed by atoms with van der Waals surface area (Å²) in [6.07, 6.45) is 1.05. The van der Waals surface area contributed by atoms with Gasteiger partial charge in [-0.05, 0) is 24.1 Å². The number of hydrogen-bond donors (Lipinski definition) is 1. The molecule has 5 rings (SSSR count). The summed E-state index contributed by atoms with van der Waals surface area (Å²) in [7, 11) is 5.91. The van der Waals surface area contributed by atoms with Crippen LogP contribution in [0.1, 0.15) is 23.6 Å². The smallest absolute Gasteiger partial charge is 0.332 e. The molecular weight excluding hydrogens is 476 g/mol. The number of carbonyl (C=O) groups excluding carboxylic acids is 3. The van der Waals surface area contributed by atoms with Gasteiger partial charge in [0.2, 0.25) is 0 Å². The Balaban J connectivity index is 1.54. The predicted molar refractivity (Wildman–Crippen MR) is 134 cm³/mol. The molecule has 1 aromatic carbocycles. The molecule has 196 valence electrons. The van der Waals surface area contributed by atoms with Crippen molar-refractivity contribution in [3.8, 4) is 11.5 Å². The summed E-state index contributed by atoms with van der Waals surface area (Å²) in [5.41, 5.74) is 0.189. The van der Waals surface area contributed by atoms with Crippen molar-refractivity contribution < 1.29 is 28.8 Å². The number of pyridine rings is 1. The summed E-state index contributed by atoms with van der Waals surface area (Å²) in [5.74, 6) is 0.369. The molecule has 0 spiro atoms. The first-order valence-electron chi connectivity index (χ1n) is 12.5. The standard InChI is InChI=1S/C27H32N4O6/c1-28-24(33)27(25(34)29(2)26(28)35,12-18-7-5-9-21(36-3)23(18)37-4)16-30-13-17-11-19(15-30)20-8-6-10-22(32)31(20)14-17/h5-10,17,19H,11-16H2,1-4H3/p+1/t17-,19-/m1/s1. The zero-order valence-corrected chi connectivity index (χ0v) is 21.7. The van der Waals surface area contributed by atoms with Crippen molar-refractivity contribution in [1.29, 1.82) is 0 Å². The highest BCUT2D eigenvalue weighted by Gasteiger charge is 2.59. The number of hydrogen-bond acceptors (Lipinski definition) is 6. The predicted octanol–water partition coefficient (Wildman–Crippen LogP) is 0.147. The molecule has 10 nitrogen and oxygen atoms in total. The fourth-order valence-corrected chi connectivity index (χ4v) is 6.61. The van der Waals surface area contributed by atoms with Gasteiger partial charge in [-0.1, -0.05) is 18.2 Å². The molecule has 4 heterocycles. The van der Waals surface area contributed by atoms with Gasteiger partial charge in [0, 0.05) is 50.7 Å². The number of rotatable bonds is 6. The Kier molecular flexibility index (Phi) is 6.31. The highest BCUT2D eigenvalue weighted by atomic mass is 16.5. The fourth-order valence-electron chi connectivity index (χ4n) is 6.61. The Morgan fingerprint density at radius 2 is 1.65 bits per heavy atom. The summed E-state index contributed by atoms with van der Waals surface area (Å²) >= 11 is 0. The van der Waals surface area contributed by atoms with E-state index in [-0.39, 0.29) is 30.4 Å². The van der Waals surface area contributed by atoms with Gasteiger partial charge in [-0.2, -0.15) is 0 Å². The van der Waals surface area contributed by atoms with Crippen LogP contribution in [0.5, 0.6) is 11.5 Å². The molecule has 2 saturated heterocycles. The van der Waals surface area contributed by atoms with E-state index in [1.54, 1.807) is 24.3 Å². The number of nitrogens with one attached hydrogen (secondary N) is 1. The maximum Gasteiger partial charge on any atom is 0.332 e. The minimum Gasteiger partial charge on any atom is -0.493 e. The summed E-state index contributed by atoms with van der Waals surface area (Å²) in [6, 6.07) is 10.1. The second-order valence-corrected chi connectivity index (χ2v) is 10.5. The van der Waals surface area contributed by atoms with Crippen LogP contribution < -0.4 is 19.9 Å². The number of urea groups is 1. The Labute approximate surface area is 215 Å². The number of aromatic nitrogens is 1. The molecule has 2 bridgehead atoms. The van der Waals surface area contributed by atoms with E-state index in [1.807, 2.05) is 16.7 Å². The van der Waals surface area contributed by atoms with Gasteiger partial charge in [0.1, 0.15) is 6.54 Å². The number of para-hydroxylation sites is 1. The van der Waals surface area contributed by atoms with Crippen molar-refractivity contribution in [1.82, 2.24) is 14.4 Å². The molecule has 3 atom stereocenters. The Morgan fingerprint density at radius 1 is 0.946 bits per heavy atom. The number of barbiturate groups is 1. The van der Waals surface area contributed by atoms with Crippen molar-refractivity contribution in [3.05, 3.63) is 58.0 Å². The lowest BCUT2D eigenvalue weighted by molar-refractivity contribution is -0.915. The number of quaternary nitrogens is 1. The molecule has 10 heteroatoms. The van der Waals surface area contributed by atoms with Crippen LogP contribution in [0.3, 0.4) is 0 Å². The number of imide groups is 2. The van der Waals surface area contributed by atoms with E-state index < -0.39 is 23.3 Å². The number of benzene rings is 1. The van der Waals surface area contributed by atoms with Crippen LogP contribution in [0.25, 0.3) is 0 Å². The van der Waals surface area contributed by atoms with E-state index in [9.17, 15) is 19.2 Å². The Morgan fingerprint density at radius 3 is 2.32 bits per heavy atom. The molecule has 1 aromatic heterocycles. The van der Waals surface area contributed by atoms with E-state index in [0.29, 0.717) is 30.2 Å². The summed E-state index contributed by atoms with van der Waals surface area (Å²) in [4.78, 5) is 56.0. The van der Waals surface area contributed by atoms with E-state index in [0.717, 1.165) is 33.4 Å². The molecule has 0 radical (unpaired) electrons. The monoisotopic (exact) mass is 509 g/mol. The van der Waals surface area contributed by atoms with Crippen molar-refractivity contribution in [3.63, 3.8) is 0 Å². The van der Waals surface area contributed by atoms with Crippen molar-refractivity contribution >= 4 is 17.8 Å². The van der Waals surface area contributed by atoms with Gasteiger partial charge < -0.3 is 18.9 Å². The second-order valence-electron chi connectivity index (χ2n) is 10.5. The quantitative estimate of drug-likeness (QED) is 0.556. The third kappa shape index (κ3) is 3.99. The molecule has 2 aromatic rings. The number of methoxy groups -OCH3 is 2. The third-order valence-corrected chi connectivity index (χ3v) is 8.20. The van der Waals surface area contributed by atoms with Gasteiger partial charge in [-0.15, -0.1) is 0 Å². The lowest BCUT2D eigenvalue weighted by atomic mass is 9.75. The zero-order chi connectivity index (χ0) is 26.5. The van der Waals surface area contributed by atoms with E-state index in [4.69, 9.17) is 9.47 Å². The molecule has 0 saturated carbocycles. The lowest BCUT2D eigenvalue weighted by Gasteiger charge is -2.46. The average Bonchev–Trinajstić information content (AvgIpc) is 2.90. The molecular formula is C27H33N4O6+.